The van der Waals surface area contributed by atoms with Crippen LogP contribution in [-0.2, 0) is 28.6 Å². The van der Waals surface area contributed by atoms with E-state index in [1.165, 1.54) is 148 Å². The Morgan fingerprint density at radius 2 is 0.619 bits per heavy atom. The van der Waals surface area contributed by atoms with Crippen molar-refractivity contribution in [2.45, 2.75) is 284 Å². The molecule has 6 heteroatoms. The Morgan fingerprint density at radius 1 is 0.333 bits per heavy atom. The molecule has 6 nitrogen and oxygen atoms in total. The van der Waals surface area contributed by atoms with E-state index in [2.05, 4.69) is 69.4 Å². The van der Waals surface area contributed by atoms with Crippen molar-refractivity contribution in [1.82, 2.24) is 0 Å². The Balaban J connectivity index is 4.37. The van der Waals surface area contributed by atoms with Crippen LogP contribution in [0.3, 0.4) is 0 Å². The van der Waals surface area contributed by atoms with Crippen LogP contribution < -0.4 is 0 Å². The normalized spacial score (nSPS) is 12.4. The topological polar surface area (TPSA) is 78.9 Å². The number of rotatable bonds is 49. The van der Waals surface area contributed by atoms with E-state index in [1.807, 2.05) is 0 Å². The molecule has 0 rings (SSSR count). The minimum absolute atomic E-state index is 0.0781. The van der Waals surface area contributed by atoms with Gasteiger partial charge in [-0.3, -0.25) is 14.4 Å². The van der Waals surface area contributed by atoms with Crippen LogP contribution in [0.1, 0.15) is 278 Å². The van der Waals surface area contributed by atoms with Gasteiger partial charge in [-0.1, -0.05) is 230 Å². The first-order chi connectivity index (χ1) is 31.0. The minimum atomic E-state index is -0.777. The van der Waals surface area contributed by atoms with Gasteiger partial charge in [0.1, 0.15) is 13.2 Å². The van der Waals surface area contributed by atoms with E-state index in [4.69, 9.17) is 14.2 Å². The van der Waals surface area contributed by atoms with Crippen LogP contribution in [0.25, 0.3) is 0 Å². The second kappa shape index (κ2) is 52.0. The number of unbranched alkanes of at least 4 members (excludes halogenated alkanes) is 30. The SMILES string of the molecule is CC/C=C\C/C=C\C/C=C\CCCCCCCCCC(=O)OCC(COC(=O)CCCCCCC/C=C\CCCCCC)OC(=O)CCCCCCCCCCCCCCCCC. The third-order valence-electron chi connectivity index (χ3n) is 11.8. The standard InChI is InChI=1S/C57H102O6/c1-4-7-10-13-16-19-22-25-27-28-30-32-35-38-41-44-47-50-56(59)62-53-54(52-61-55(58)49-46-43-40-37-34-31-24-21-18-15-12-9-6-3)63-57(60)51-48-45-42-39-36-33-29-26-23-20-17-14-11-8-5-2/h7,10,16,19,21,24-25,27,54H,4-6,8-9,11-15,17-18,20,22-23,26,28-53H2,1-3H3/b10-7-,19-16-,24-21-,27-25-. The van der Waals surface area contributed by atoms with Crippen molar-refractivity contribution in [2.24, 2.45) is 0 Å². The third-order valence-corrected chi connectivity index (χ3v) is 11.8. The lowest BCUT2D eigenvalue weighted by Gasteiger charge is -2.18. The zero-order valence-electron chi connectivity index (χ0n) is 41.8. The Kier molecular flexibility index (Phi) is 49.8. The molecule has 63 heavy (non-hydrogen) atoms. The van der Waals surface area contributed by atoms with E-state index in [-0.39, 0.29) is 31.1 Å². The third kappa shape index (κ3) is 50.2. The Labute approximate surface area is 390 Å². The molecule has 1 unspecified atom stereocenters. The average Bonchev–Trinajstić information content (AvgIpc) is 3.28. The zero-order chi connectivity index (χ0) is 45.8. The summed E-state index contributed by atoms with van der Waals surface area (Å²) in [6.07, 6.45) is 62.3. The number of hydrogen-bond donors (Lipinski definition) is 0. The van der Waals surface area contributed by atoms with E-state index in [0.29, 0.717) is 19.3 Å². The molecule has 0 aromatic rings. The monoisotopic (exact) mass is 883 g/mol. The van der Waals surface area contributed by atoms with Gasteiger partial charge in [0, 0.05) is 19.3 Å². The minimum Gasteiger partial charge on any atom is -0.462 e. The molecule has 0 aliphatic carbocycles. The van der Waals surface area contributed by atoms with Gasteiger partial charge < -0.3 is 14.2 Å². The van der Waals surface area contributed by atoms with Crippen molar-refractivity contribution in [3.05, 3.63) is 48.6 Å². The number of allylic oxidation sites excluding steroid dienone is 8. The van der Waals surface area contributed by atoms with Gasteiger partial charge in [-0.05, 0) is 77.0 Å². The first-order valence-corrected chi connectivity index (χ1v) is 27.1. The highest BCUT2D eigenvalue weighted by Crippen LogP contribution is 2.16. The maximum Gasteiger partial charge on any atom is 0.306 e. The van der Waals surface area contributed by atoms with E-state index in [9.17, 15) is 14.4 Å². The average molecular weight is 883 g/mol. The predicted molar refractivity (Wildman–Crippen MR) is 270 cm³/mol. The molecule has 0 aromatic heterocycles. The summed E-state index contributed by atoms with van der Waals surface area (Å²) in [5.41, 5.74) is 0. The van der Waals surface area contributed by atoms with Crippen molar-refractivity contribution in [2.75, 3.05) is 13.2 Å². The van der Waals surface area contributed by atoms with E-state index >= 15 is 0 Å². The number of hydrogen-bond acceptors (Lipinski definition) is 6. The van der Waals surface area contributed by atoms with Crippen LogP contribution in [-0.4, -0.2) is 37.2 Å². The van der Waals surface area contributed by atoms with Crippen LogP contribution in [0.15, 0.2) is 48.6 Å². The highest BCUT2D eigenvalue weighted by molar-refractivity contribution is 5.71. The van der Waals surface area contributed by atoms with Crippen LogP contribution in [0, 0.1) is 0 Å². The Bertz CT molecular complexity index is 1110. The van der Waals surface area contributed by atoms with Gasteiger partial charge in [0.15, 0.2) is 6.10 Å². The summed E-state index contributed by atoms with van der Waals surface area (Å²) in [5, 5.41) is 0. The maximum atomic E-state index is 12.8. The second-order valence-corrected chi connectivity index (χ2v) is 18.1. The van der Waals surface area contributed by atoms with Crippen LogP contribution in [0.2, 0.25) is 0 Å². The summed E-state index contributed by atoms with van der Waals surface area (Å²) < 4.78 is 16.8. The lowest BCUT2D eigenvalue weighted by atomic mass is 10.0. The molecule has 0 bridgehead atoms. The highest BCUT2D eigenvalue weighted by Gasteiger charge is 2.19. The van der Waals surface area contributed by atoms with Gasteiger partial charge in [0.2, 0.25) is 0 Å². The lowest BCUT2D eigenvalue weighted by Crippen LogP contribution is -2.30. The first kappa shape index (κ1) is 60.4. The summed E-state index contributed by atoms with van der Waals surface area (Å²) >= 11 is 0. The van der Waals surface area contributed by atoms with E-state index < -0.39 is 6.10 Å². The first-order valence-electron chi connectivity index (χ1n) is 27.1. The summed E-state index contributed by atoms with van der Waals surface area (Å²) in [4.78, 5) is 38.0. The Morgan fingerprint density at radius 3 is 1.00 bits per heavy atom. The number of carbonyl (C=O) groups is 3. The molecule has 0 saturated heterocycles. The van der Waals surface area contributed by atoms with Gasteiger partial charge in [-0.25, -0.2) is 0 Å². The highest BCUT2D eigenvalue weighted by atomic mass is 16.6. The smallest absolute Gasteiger partial charge is 0.306 e. The summed E-state index contributed by atoms with van der Waals surface area (Å²) in [5.74, 6) is -0.884. The maximum absolute atomic E-state index is 12.8. The fourth-order valence-corrected chi connectivity index (χ4v) is 7.75. The predicted octanol–water partition coefficient (Wildman–Crippen LogP) is 17.9. The molecule has 0 saturated carbocycles. The molecule has 0 fully saturated rings. The van der Waals surface area contributed by atoms with Crippen molar-refractivity contribution < 1.29 is 28.6 Å². The van der Waals surface area contributed by atoms with Crippen molar-refractivity contribution in [3.63, 3.8) is 0 Å². The quantitative estimate of drug-likeness (QED) is 0.0262. The van der Waals surface area contributed by atoms with E-state index in [0.717, 1.165) is 89.9 Å². The molecule has 0 N–H and O–H groups in total. The number of ether oxygens (including phenoxy) is 3. The van der Waals surface area contributed by atoms with Crippen LogP contribution >= 0.6 is 0 Å². The van der Waals surface area contributed by atoms with Crippen molar-refractivity contribution in [3.8, 4) is 0 Å². The van der Waals surface area contributed by atoms with Crippen LogP contribution in [0.4, 0.5) is 0 Å². The fraction of sp³-hybridized carbons (Fsp3) is 0.807. The fourth-order valence-electron chi connectivity index (χ4n) is 7.75. The van der Waals surface area contributed by atoms with Crippen molar-refractivity contribution >= 4 is 17.9 Å². The molecule has 0 aromatic carbocycles. The molecular weight excluding hydrogens is 781 g/mol. The molecule has 0 spiro atoms. The zero-order valence-corrected chi connectivity index (χ0v) is 41.8. The molecule has 0 amide bonds. The Hall–Kier alpha value is -2.63. The number of carbonyl (C=O) groups excluding carboxylic acids is 3. The van der Waals surface area contributed by atoms with Gasteiger partial charge >= 0.3 is 17.9 Å². The number of esters is 3. The van der Waals surface area contributed by atoms with E-state index in [1.54, 1.807) is 0 Å². The largest absolute Gasteiger partial charge is 0.462 e. The molecule has 1 atom stereocenters. The summed E-state index contributed by atoms with van der Waals surface area (Å²) in [7, 11) is 0. The van der Waals surface area contributed by atoms with Crippen molar-refractivity contribution in [1.29, 1.82) is 0 Å². The van der Waals surface area contributed by atoms with Gasteiger partial charge in [0.25, 0.3) is 0 Å². The van der Waals surface area contributed by atoms with Gasteiger partial charge in [-0.2, -0.15) is 0 Å². The lowest BCUT2D eigenvalue weighted by molar-refractivity contribution is -0.167. The molecule has 0 aliphatic rings. The molecule has 0 radical (unpaired) electrons. The molecule has 0 aliphatic heterocycles. The second-order valence-electron chi connectivity index (χ2n) is 18.1. The summed E-state index contributed by atoms with van der Waals surface area (Å²) in [6.45, 7) is 6.52. The molecule has 366 valence electrons. The van der Waals surface area contributed by atoms with Gasteiger partial charge in [-0.15, -0.1) is 0 Å². The van der Waals surface area contributed by atoms with Crippen LogP contribution in [0.5, 0.6) is 0 Å². The summed E-state index contributed by atoms with van der Waals surface area (Å²) in [6, 6.07) is 0. The van der Waals surface area contributed by atoms with Gasteiger partial charge in [0.05, 0.1) is 0 Å². The molecular formula is C57H102O6. The molecule has 0 heterocycles.